The molecule has 1 heterocycles. The zero-order chi connectivity index (χ0) is 14.0. The summed E-state index contributed by atoms with van der Waals surface area (Å²) in [6, 6.07) is 5.93. The lowest BCUT2D eigenvalue weighted by Gasteiger charge is -2.20. The van der Waals surface area contributed by atoms with Gasteiger partial charge in [0.05, 0.1) is 0 Å². The zero-order valence-corrected chi connectivity index (χ0v) is 12.1. The Balaban J connectivity index is 2.15. The number of carbonyl (C=O) groups excluding carboxylic acids is 1. The fraction of sp³-hybridized carbons (Fsp3) is 0.533. The van der Waals surface area contributed by atoms with Crippen molar-refractivity contribution in [2.24, 2.45) is 5.92 Å². The van der Waals surface area contributed by atoms with Gasteiger partial charge < -0.3 is 15.0 Å². The number of amides is 1. The van der Waals surface area contributed by atoms with Crippen LogP contribution in [0.4, 0.5) is 11.4 Å². The molecule has 0 aromatic heterocycles. The molecule has 104 valence electrons. The van der Waals surface area contributed by atoms with Gasteiger partial charge in [0.25, 0.3) is 5.91 Å². The van der Waals surface area contributed by atoms with Crippen LogP contribution in [0, 0.1) is 12.8 Å². The second-order valence-electron chi connectivity index (χ2n) is 5.39. The van der Waals surface area contributed by atoms with Crippen molar-refractivity contribution in [2.45, 2.75) is 26.4 Å². The van der Waals surface area contributed by atoms with Crippen LogP contribution < -0.4 is 10.2 Å². The summed E-state index contributed by atoms with van der Waals surface area (Å²) in [5.74, 6) is 0.251. The molecule has 1 aliphatic rings. The SMILES string of the molecule is Cc1c(NC(=O)C2OCCC2C)cccc1N(C)C. The van der Waals surface area contributed by atoms with Crippen LogP contribution in [0.5, 0.6) is 0 Å². The van der Waals surface area contributed by atoms with E-state index < -0.39 is 0 Å². The average molecular weight is 262 g/mol. The standard InChI is InChI=1S/C15H22N2O2/c1-10-8-9-19-14(10)15(18)16-12-6-5-7-13(11(12)2)17(3)4/h5-7,10,14H,8-9H2,1-4H3,(H,16,18). The highest BCUT2D eigenvalue weighted by molar-refractivity contribution is 5.95. The second-order valence-corrected chi connectivity index (χ2v) is 5.39. The predicted octanol–water partition coefficient (Wildman–Crippen LogP) is 2.42. The monoisotopic (exact) mass is 262 g/mol. The van der Waals surface area contributed by atoms with E-state index in [2.05, 4.69) is 12.2 Å². The molecule has 0 bridgehead atoms. The normalized spacial score (nSPS) is 22.3. The van der Waals surface area contributed by atoms with E-state index in [0.717, 1.165) is 23.4 Å². The summed E-state index contributed by atoms with van der Waals surface area (Å²) in [6.07, 6.45) is 0.636. The summed E-state index contributed by atoms with van der Waals surface area (Å²) in [5, 5.41) is 2.99. The average Bonchev–Trinajstić information content (AvgIpc) is 2.77. The fourth-order valence-electron chi connectivity index (χ4n) is 2.48. The third kappa shape index (κ3) is 2.89. The Labute approximate surface area is 114 Å². The number of nitrogens with one attached hydrogen (secondary N) is 1. The van der Waals surface area contributed by atoms with Gasteiger partial charge >= 0.3 is 0 Å². The highest BCUT2D eigenvalue weighted by Crippen LogP contribution is 2.27. The van der Waals surface area contributed by atoms with Crippen molar-refractivity contribution in [3.05, 3.63) is 23.8 Å². The second kappa shape index (κ2) is 5.61. The topological polar surface area (TPSA) is 41.6 Å². The summed E-state index contributed by atoms with van der Waals surface area (Å²) in [5.41, 5.74) is 3.04. The Morgan fingerprint density at radius 3 is 2.74 bits per heavy atom. The molecule has 1 saturated heterocycles. The largest absolute Gasteiger partial charge is 0.377 e. The molecule has 19 heavy (non-hydrogen) atoms. The number of carbonyl (C=O) groups is 1. The zero-order valence-electron chi connectivity index (χ0n) is 12.1. The summed E-state index contributed by atoms with van der Waals surface area (Å²) in [4.78, 5) is 14.3. The Hall–Kier alpha value is -1.55. The van der Waals surface area contributed by atoms with Gasteiger partial charge in [-0.1, -0.05) is 13.0 Å². The molecule has 1 aliphatic heterocycles. The van der Waals surface area contributed by atoms with Crippen molar-refractivity contribution >= 4 is 17.3 Å². The maximum absolute atomic E-state index is 12.2. The molecular formula is C15H22N2O2. The molecule has 1 aromatic carbocycles. The van der Waals surface area contributed by atoms with Crippen LogP contribution in [-0.2, 0) is 9.53 Å². The number of hydrogen-bond acceptors (Lipinski definition) is 3. The highest BCUT2D eigenvalue weighted by atomic mass is 16.5. The molecule has 0 spiro atoms. The smallest absolute Gasteiger partial charge is 0.253 e. The molecule has 2 unspecified atom stereocenters. The van der Waals surface area contributed by atoms with Crippen LogP contribution in [0.15, 0.2) is 18.2 Å². The van der Waals surface area contributed by atoms with E-state index >= 15 is 0 Å². The fourth-order valence-corrected chi connectivity index (χ4v) is 2.48. The molecule has 1 aromatic rings. The Bertz CT molecular complexity index is 471. The van der Waals surface area contributed by atoms with Crippen LogP contribution in [0.2, 0.25) is 0 Å². The molecule has 1 N–H and O–H groups in total. The van der Waals surface area contributed by atoms with E-state index in [9.17, 15) is 4.79 Å². The molecule has 1 fully saturated rings. The number of ether oxygens (including phenoxy) is 1. The Morgan fingerprint density at radius 2 is 2.16 bits per heavy atom. The highest BCUT2D eigenvalue weighted by Gasteiger charge is 2.31. The van der Waals surface area contributed by atoms with Gasteiger partial charge in [-0.25, -0.2) is 0 Å². The molecule has 0 aliphatic carbocycles. The van der Waals surface area contributed by atoms with E-state index in [1.54, 1.807) is 0 Å². The van der Waals surface area contributed by atoms with Gasteiger partial charge in [0, 0.05) is 32.1 Å². The van der Waals surface area contributed by atoms with Gasteiger partial charge in [0.1, 0.15) is 6.10 Å². The Morgan fingerprint density at radius 1 is 1.42 bits per heavy atom. The lowest BCUT2D eigenvalue weighted by molar-refractivity contribution is -0.126. The van der Waals surface area contributed by atoms with E-state index in [4.69, 9.17) is 4.74 Å². The molecule has 4 heteroatoms. The van der Waals surface area contributed by atoms with Gasteiger partial charge in [0.15, 0.2) is 0 Å². The van der Waals surface area contributed by atoms with Crippen LogP contribution in [-0.4, -0.2) is 32.7 Å². The molecule has 0 saturated carbocycles. The maximum atomic E-state index is 12.2. The number of hydrogen-bond donors (Lipinski definition) is 1. The first kappa shape index (κ1) is 13.9. The van der Waals surface area contributed by atoms with Gasteiger partial charge in [-0.3, -0.25) is 4.79 Å². The number of anilines is 2. The third-order valence-corrected chi connectivity index (χ3v) is 3.69. The van der Waals surface area contributed by atoms with Crippen molar-refractivity contribution in [3.8, 4) is 0 Å². The van der Waals surface area contributed by atoms with Crippen LogP contribution >= 0.6 is 0 Å². The van der Waals surface area contributed by atoms with Gasteiger partial charge in [-0.2, -0.15) is 0 Å². The van der Waals surface area contributed by atoms with Crippen molar-refractivity contribution < 1.29 is 9.53 Å². The predicted molar refractivity (Wildman–Crippen MR) is 77.7 cm³/mol. The first-order valence-corrected chi connectivity index (χ1v) is 6.70. The first-order chi connectivity index (χ1) is 9.00. The minimum absolute atomic E-state index is 0.0380. The van der Waals surface area contributed by atoms with Crippen LogP contribution in [0.25, 0.3) is 0 Å². The van der Waals surface area contributed by atoms with E-state index in [0.29, 0.717) is 6.61 Å². The summed E-state index contributed by atoms with van der Waals surface area (Å²) in [6.45, 7) is 4.75. The van der Waals surface area contributed by atoms with E-state index in [1.807, 2.05) is 44.1 Å². The minimum atomic E-state index is -0.317. The minimum Gasteiger partial charge on any atom is -0.377 e. The van der Waals surface area contributed by atoms with Crippen molar-refractivity contribution in [3.63, 3.8) is 0 Å². The third-order valence-electron chi connectivity index (χ3n) is 3.69. The molecule has 4 nitrogen and oxygen atoms in total. The lowest BCUT2D eigenvalue weighted by atomic mass is 10.0. The van der Waals surface area contributed by atoms with Gasteiger partial charge in [0.2, 0.25) is 0 Å². The Kier molecular flexibility index (Phi) is 4.10. The van der Waals surface area contributed by atoms with Crippen molar-refractivity contribution in [1.82, 2.24) is 0 Å². The molecule has 1 amide bonds. The van der Waals surface area contributed by atoms with Crippen LogP contribution in [0.1, 0.15) is 18.9 Å². The van der Waals surface area contributed by atoms with Gasteiger partial charge in [-0.05, 0) is 37.0 Å². The van der Waals surface area contributed by atoms with Crippen LogP contribution in [0.3, 0.4) is 0 Å². The van der Waals surface area contributed by atoms with Crippen molar-refractivity contribution in [1.29, 1.82) is 0 Å². The van der Waals surface area contributed by atoms with E-state index in [-0.39, 0.29) is 17.9 Å². The molecule has 0 radical (unpaired) electrons. The molecule has 2 atom stereocenters. The number of rotatable bonds is 3. The molecule has 2 rings (SSSR count). The summed E-state index contributed by atoms with van der Waals surface area (Å²) >= 11 is 0. The maximum Gasteiger partial charge on any atom is 0.253 e. The van der Waals surface area contributed by atoms with E-state index in [1.165, 1.54) is 0 Å². The quantitative estimate of drug-likeness (QED) is 0.909. The summed E-state index contributed by atoms with van der Waals surface area (Å²) in [7, 11) is 3.99. The first-order valence-electron chi connectivity index (χ1n) is 6.70. The number of benzene rings is 1. The van der Waals surface area contributed by atoms with Crippen molar-refractivity contribution in [2.75, 3.05) is 30.9 Å². The molecular weight excluding hydrogens is 240 g/mol. The summed E-state index contributed by atoms with van der Waals surface area (Å²) < 4.78 is 5.49. The lowest BCUT2D eigenvalue weighted by Crippen LogP contribution is -2.31. The number of nitrogens with zero attached hydrogens (tertiary/aromatic N) is 1. The van der Waals surface area contributed by atoms with Gasteiger partial charge in [-0.15, -0.1) is 0 Å².